The van der Waals surface area contributed by atoms with Crippen molar-refractivity contribution in [2.75, 3.05) is 12.0 Å². The molecule has 0 unspecified atom stereocenters. The molecule has 8 heteroatoms. The highest BCUT2D eigenvalue weighted by Crippen LogP contribution is 2.28. The van der Waals surface area contributed by atoms with Crippen LogP contribution < -0.4 is 11.3 Å². The monoisotopic (exact) mass is 253 g/mol. The first kappa shape index (κ1) is 13.6. The highest BCUT2D eigenvalue weighted by molar-refractivity contribution is 6.41. The van der Waals surface area contributed by atoms with E-state index in [0.29, 0.717) is 0 Å². The topological polar surface area (TPSA) is 125 Å². The van der Waals surface area contributed by atoms with E-state index in [1.165, 1.54) is 19.1 Å². The van der Waals surface area contributed by atoms with Crippen LogP contribution in [0.1, 0.15) is 17.3 Å². The fourth-order valence-corrected chi connectivity index (χ4v) is 1.35. The Hall–Kier alpha value is -2.48. The molecule has 0 aliphatic heterocycles. The molecule has 0 amide bonds. The van der Waals surface area contributed by atoms with Crippen LogP contribution in [0.4, 0.5) is 11.4 Å². The molecule has 0 radical (unpaired) electrons. The zero-order valence-corrected chi connectivity index (χ0v) is 9.50. The average Bonchev–Trinajstić information content (AvgIpc) is 2.36. The summed E-state index contributed by atoms with van der Waals surface area (Å²) in [5.74, 6) is 2.88. The fraction of sp³-hybridized carbons (Fsp3) is 0.200. The van der Waals surface area contributed by atoms with Gasteiger partial charge in [-0.3, -0.25) is 20.8 Å². The minimum atomic E-state index is -1.14. The molecule has 0 saturated carbocycles. The lowest BCUT2D eigenvalue weighted by Gasteiger charge is -2.06. The summed E-state index contributed by atoms with van der Waals surface area (Å²) in [7, 11) is 0. The zero-order valence-electron chi connectivity index (χ0n) is 9.50. The summed E-state index contributed by atoms with van der Waals surface area (Å²) >= 11 is 0. The highest BCUT2D eigenvalue weighted by Gasteiger charge is 2.29. The van der Waals surface area contributed by atoms with Gasteiger partial charge in [-0.25, -0.2) is 4.79 Å². The van der Waals surface area contributed by atoms with Gasteiger partial charge in [0.2, 0.25) is 0 Å². The minimum absolute atomic E-state index is 0.00714. The number of nitrogens with one attached hydrogen (secondary N) is 1. The van der Waals surface area contributed by atoms with Crippen molar-refractivity contribution in [2.45, 2.75) is 6.92 Å². The number of esters is 1. The third-order valence-electron chi connectivity index (χ3n) is 2.08. The molecule has 0 bridgehead atoms. The maximum Gasteiger partial charge on any atom is 0.379 e. The molecule has 0 spiro atoms. The molecule has 96 valence electrons. The lowest BCUT2D eigenvalue weighted by atomic mass is 10.1. The standard InChI is InChI=1S/C10H11N3O5/c1-2-18-10(15)9(14)6-4-3-5-7(12-11)8(6)13(16)17/h3-5,12H,2,11H2,1H3. The minimum Gasteiger partial charge on any atom is -0.460 e. The van der Waals surface area contributed by atoms with Gasteiger partial charge in [-0.05, 0) is 19.1 Å². The van der Waals surface area contributed by atoms with Gasteiger partial charge < -0.3 is 10.2 Å². The van der Waals surface area contributed by atoms with Crippen LogP contribution >= 0.6 is 0 Å². The van der Waals surface area contributed by atoms with E-state index < -0.39 is 22.4 Å². The van der Waals surface area contributed by atoms with Crippen LogP contribution in [0.25, 0.3) is 0 Å². The van der Waals surface area contributed by atoms with Crippen molar-refractivity contribution in [3.05, 3.63) is 33.9 Å². The first-order valence-corrected chi connectivity index (χ1v) is 4.98. The Morgan fingerprint density at radius 1 is 1.50 bits per heavy atom. The van der Waals surface area contributed by atoms with Crippen LogP contribution in [-0.4, -0.2) is 23.3 Å². The number of nitrogens with two attached hydrogens (primary N) is 1. The van der Waals surface area contributed by atoms with E-state index in [1.807, 2.05) is 0 Å². The number of ether oxygens (including phenoxy) is 1. The van der Waals surface area contributed by atoms with Crippen molar-refractivity contribution in [2.24, 2.45) is 5.84 Å². The van der Waals surface area contributed by atoms with Gasteiger partial charge >= 0.3 is 11.7 Å². The number of nitro benzene ring substituents is 1. The smallest absolute Gasteiger partial charge is 0.379 e. The quantitative estimate of drug-likeness (QED) is 0.197. The van der Waals surface area contributed by atoms with Gasteiger partial charge in [0.1, 0.15) is 11.3 Å². The van der Waals surface area contributed by atoms with Crippen LogP contribution in [0.2, 0.25) is 0 Å². The SMILES string of the molecule is CCOC(=O)C(=O)c1cccc(NN)c1[N+](=O)[O-]. The Bertz CT molecular complexity index is 500. The summed E-state index contributed by atoms with van der Waals surface area (Å²) < 4.78 is 4.50. The van der Waals surface area contributed by atoms with Gasteiger partial charge in [0.05, 0.1) is 11.5 Å². The Balaban J connectivity index is 3.28. The number of hydrogen-bond acceptors (Lipinski definition) is 7. The van der Waals surface area contributed by atoms with Crippen LogP contribution in [0.15, 0.2) is 18.2 Å². The lowest BCUT2D eigenvalue weighted by molar-refractivity contribution is -0.384. The van der Waals surface area contributed by atoms with Gasteiger partial charge in [-0.1, -0.05) is 6.07 Å². The number of para-hydroxylation sites is 1. The van der Waals surface area contributed by atoms with Gasteiger partial charge in [-0.2, -0.15) is 0 Å². The average molecular weight is 253 g/mol. The van der Waals surface area contributed by atoms with E-state index in [1.54, 1.807) is 0 Å². The summed E-state index contributed by atoms with van der Waals surface area (Å²) in [4.78, 5) is 33.1. The van der Waals surface area contributed by atoms with Crippen molar-refractivity contribution in [3.63, 3.8) is 0 Å². The van der Waals surface area contributed by atoms with E-state index in [9.17, 15) is 19.7 Å². The molecule has 0 aliphatic carbocycles. The molecule has 0 heterocycles. The number of carbonyl (C=O) groups is 2. The van der Waals surface area contributed by atoms with E-state index in [0.717, 1.165) is 6.07 Å². The van der Waals surface area contributed by atoms with Crippen LogP contribution in [-0.2, 0) is 9.53 Å². The van der Waals surface area contributed by atoms with E-state index in [4.69, 9.17) is 5.84 Å². The van der Waals surface area contributed by atoms with Crippen molar-refractivity contribution in [1.82, 2.24) is 0 Å². The Morgan fingerprint density at radius 3 is 2.67 bits per heavy atom. The van der Waals surface area contributed by atoms with Crippen LogP contribution in [0, 0.1) is 10.1 Å². The number of rotatable bonds is 5. The second-order valence-electron chi connectivity index (χ2n) is 3.15. The fourth-order valence-electron chi connectivity index (χ4n) is 1.35. The molecule has 0 aliphatic rings. The maximum atomic E-state index is 11.7. The number of carbonyl (C=O) groups excluding carboxylic acids is 2. The largest absolute Gasteiger partial charge is 0.460 e. The zero-order chi connectivity index (χ0) is 13.7. The summed E-state index contributed by atoms with van der Waals surface area (Å²) in [5, 5.41) is 10.9. The second-order valence-corrected chi connectivity index (χ2v) is 3.15. The summed E-state index contributed by atoms with van der Waals surface area (Å²) in [6, 6.07) is 3.85. The van der Waals surface area contributed by atoms with Crippen molar-refractivity contribution >= 4 is 23.1 Å². The predicted octanol–water partition coefficient (Wildman–Crippen LogP) is 0.626. The molecule has 8 nitrogen and oxygen atoms in total. The molecule has 1 aromatic rings. The molecule has 0 saturated heterocycles. The van der Waals surface area contributed by atoms with Crippen molar-refractivity contribution in [3.8, 4) is 0 Å². The molecular weight excluding hydrogens is 242 g/mol. The number of nitrogens with zero attached hydrogens (tertiary/aromatic N) is 1. The van der Waals surface area contributed by atoms with Crippen molar-refractivity contribution < 1.29 is 19.2 Å². The normalized spacial score (nSPS) is 9.67. The van der Waals surface area contributed by atoms with Gasteiger partial charge in [-0.15, -0.1) is 0 Å². The first-order chi connectivity index (χ1) is 8.52. The number of Topliss-reactive ketones (excluding diaryl/α,β-unsaturated/α-hetero) is 1. The molecule has 3 N–H and O–H groups in total. The van der Waals surface area contributed by atoms with E-state index in [-0.39, 0.29) is 17.9 Å². The number of anilines is 1. The number of nitrogen functional groups attached to an aromatic ring is 1. The molecule has 1 aromatic carbocycles. The number of hydrazine groups is 1. The van der Waals surface area contributed by atoms with Crippen molar-refractivity contribution in [1.29, 1.82) is 0 Å². The van der Waals surface area contributed by atoms with Gasteiger partial charge in [0.25, 0.3) is 5.78 Å². The molecule has 18 heavy (non-hydrogen) atoms. The second kappa shape index (κ2) is 5.73. The molecule has 0 atom stereocenters. The summed E-state index contributed by atoms with van der Waals surface area (Å²) in [6.45, 7) is 1.53. The Kier molecular flexibility index (Phi) is 4.33. The summed E-state index contributed by atoms with van der Waals surface area (Å²) in [5.41, 5.74) is 1.11. The first-order valence-electron chi connectivity index (χ1n) is 4.98. The number of hydrogen-bond donors (Lipinski definition) is 2. The molecule has 1 rings (SSSR count). The maximum absolute atomic E-state index is 11.7. The highest BCUT2D eigenvalue weighted by atomic mass is 16.6. The number of benzene rings is 1. The summed E-state index contributed by atoms with van der Waals surface area (Å²) in [6.07, 6.45) is 0. The third kappa shape index (κ3) is 2.61. The predicted molar refractivity (Wildman–Crippen MR) is 61.9 cm³/mol. The van der Waals surface area contributed by atoms with E-state index in [2.05, 4.69) is 10.2 Å². The lowest BCUT2D eigenvalue weighted by Crippen LogP contribution is -2.20. The third-order valence-corrected chi connectivity index (χ3v) is 2.08. The molecule has 0 aromatic heterocycles. The number of ketones is 1. The van der Waals surface area contributed by atoms with E-state index >= 15 is 0 Å². The Labute approximate surface area is 102 Å². The Morgan fingerprint density at radius 2 is 2.17 bits per heavy atom. The number of nitro groups is 1. The van der Waals surface area contributed by atoms with Gasteiger partial charge in [0, 0.05) is 0 Å². The van der Waals surface area contributed by atoms with Crippen LogP contribution in [0.3, 0.4) is 0 Å². The molecular formula is C10H11N3O5. The van der Waals surface area contributed by atoms with Gasteiger partial charge in [0.15, 0.2) is 0 Å². The molecule has 0 fully saturated rings. The van der Waals surface area contributed by atoms with Crippen LogP contribution in [0.5, 0.6) is 0 Å².